The number of alkyl halides is 3. The quantitative estimate of drug-likeness (QED) is 0.494. The van der Waals surface area contributed by atoms with Crippen molar-refractivity contribution in [3.05, 3.63) is 23.6 Å². The number of carbonyl (C=O) groups is 1. The molecule has 0 aliphatic rings. The van der Waals surface area contributed by atoms with Crippen molar-refractivity contribution in [1.82, 2.24) is 9.88 Å². The molecule has 1 amide bonds. The second-order valence-electron chi connectivity index (χ2n) is 4.01. The number of nitrogens with zero attached hydrogens (tertiary/aromatic N) is 2. The zero-order valence-electron chi connectivity index (χ0n) is 10.7. The Balaban J connectivity index is 3.06. The van der Waals surface area contributed by atoms with Crippen molar-refractivity contribution in [2.75, 3.05) is 18.5 Å². The molecule has 20 heavy (non-hydrogen) atoms. The summed E-state index contributed by atoms with van der Waals surface area (Å²) in [5.74, 6) is 2.46. The van der Waals surface area contributed by atoms with Gasteiger partial charge in [0.05, 0.1) is 5.56 Å². The van der Waals surface area contributed by atoms with Crippen LogP contribution in [0.15, 0.2) is 12.3 Å². The van der Waals surface area contributed by atoms with Crippen LogP contribution in [0.4, 0.5) is 23.4 Å². The third kappa shape index (κ3) is 4.05. The van der Waals surface area contributed by atoms with E-state index in [1.807, 2.05) is 5.43 Å². The van der Waals surface area contributed by atoms with Gasteiger partial charge < -0.3 is 10.3 Å². The minimum Gasteiger partial charge on any atom is -0.329 e. The summed E-state index contributed by atoms with van der Waals surface area (Å²) in [6.07, 6.45) is -3.15. The highest BCUT2D eigenvalue weighted by Gasteiger charge is 2.34. The topological polar surface area (TPSA) is 71.2 Å². The Bertz CT molecular complexity index is 478. The Kier molecular flexibility index (Phi) is 5.26. The average Bonchev–Trinajstić information content (AvgIpc) is 2.36. The molecule has 1 rings (SSSR count). The van der Waals surface area contributed by atoms with Gasteiger partial charge in [-0.3, -0.25) is 4.79 Å². The fraction of sp³-hybridized carbons (Fsp3) is 0.455. The van der Waals surface area contributed by atoms with Crippen LogP contribution in [0.5, 0.6) is 0 Å². The van der Waals surface area contributed by atoms with Crippen LogP contribution >= 0.6 is 0 Å². The van der Waals surface area contributed by atoms with Crippen LogP contribution in [-0.2, 0) is 0 Å². The number of rotatable bonds is 5. The van der Waals surface area contributed by atoms with Crippen molar-refractivity contribution in [3.63, 3.8) is 0 Å². The molecule has 3 N–H and O–H groups in total. The van der Waals surface area contributed by atoms with Crippen molar-refractivity contribution in [3.8, 4) is 0 Å². The maximum absolute atomic E-state index is 13.8. The molecule has 0 aliphatic heterocycles. The summed E-state index contributed by atoms with van der Waals surface area (Å²) in [4.78, 5) is 16.0. The van der Waals surface area contributed by atoms with Crippen LogP contribution in [0.25, 0.3) is 0 Å². The van der Waals surface area contributed by atoms with Gasteiger partial charge in [-0.2, -0.15) is 13.2 Å². The smallest absolute Gasteiger partial charge is 0.329 e. The minimum absolute atomic E-state index is 0.133. The second-order valence-corrected chi connectivity index (χ2v) is 4.01. The van der Waals surface area contributed by atoms with E-state index in [1.54, 1.807) is 6.92 Å². The summed E-state index contributed by atoms with van der Waals surface area (Å²) in [6, 6.07) is 1.01. The first kappa shape index (κ1) is 16.2. The lowest BCUT2D eigenvalue weighted by atomic mass is 10.2. The highest BCUT2D eigenvalue weighted by molar-refractivity contribution is 5.95. The van der Waals surface area contributed by atoms with E-state index in [-0.39, 0.29) is 6.54 Å². The van der Waals surface area contributed by atoms with Gasteiger partial charge in [-0.05, 0) is 12.5 Å². The van der Waals surface area contributed by atoms with Gasteiger partial charge in [0.15, 0.2) is 11.6 Å². The van der Waals surface area contributed by atoms with Crippen molar-refractivity contribution < 1.29 is 22.4 Å². The number of halogens is 4. The molecule has 0 spiro atoms. The number of carbonyl (C=O) groups excluding carboxylic acids is 1. The van der Waals surface area contributed by atoms with Crippen molar-refractivity contribution in [1.29, 1.82) is 0 Å². The first-order valence-corrected chi connectivity index (χ1v) is 5.77. The van der Waals surface area contributed by atoms with Gasteiger partial charge in [0.25, 0.3) is 5.91 Å². The van der Waals surface area contributed by atoms with Crippen LogP contribution < -0.4 is 11.3 Å². The molecule has 1 aromatic heterocycles. The molecule has 1 heterocycles. The fourth-order valence-corrected chi connectivity index (χ4v) is 1.62. The molecule has 0 fully saturated rings. The summed E-state index contributed by atoms with van der Waals surface area (Å²) in [7, 11) is 0. The Hall–Kier alpha value is -1.90. The summed E-state index contributed by atoms with van der Waals surface area (Å²) < 4.78 is 51.1. The van der Waals surface area contributed by atoms with Crippen LogP contribution in [0.3, 0.4) is 0 Å². The molecule has 0 radical (unpaired) electrons. The number of hydrogen-bond donors (Lipinski definition) is 2. The molecule has 0 bridgehead atoms. The number of nitrogens with two attached hydrogens (primary N) is 1. The SMILES string of the molecule is CCCN(CC(F)(F)F)C(=O)c1ccnc(NN)c1F. The lowest BCUT2D eigenvalue weighted by Crippen LogP contribution is -2.40. The van der Waals surface area contributed by atoms with E-state index in [0.717, 1.165) is 12.3 Å². The van der Waals surface area contributed by atoms with Gasteiger partial charge in [-0.25, -0.2) is 15.2 Å². The Morgan fingerprint density at radius 3 is 2.65 bits per heavy atom. The number of anilines is 1. The fourth-order valence-electron chi connectivity index (χ4n) is 1.62. The normalized spacial score (nSPS) is 11.3. The molecule has 0 aliphatic carbocycles. The van der Waals surface area contributed by atoms with Crippen LogP contribution in [0.2, 0.25) is 0 Å². The molecular formula is C11H14F4N4O. The molecule has 1 aromatic rings. The summed E-state index contributed by atoms with van der Waals surface area (Å²) in [5, 5.41) is 0. The molecule has 112 valence electrons. The minimum atomic E-state index is -4.55. The van der Waals surface area contributed by atoms with E-state index in [2.05, 4.69) is 4.98 Å². The third-order valence-corrected chi connectivity index (χ3v) is 2.41. The lowest BCUT2D eigenvalue weighted by Gasteiger charge is -2.23. The van der Waals surface area contributed by atoms with E-state index in [4.69, 9.17) is 5.84 Å². The van der Waals surface area contributed by atoms with Crippen molar-refractivity contribution in [2.24, 2.45) is 5.84 Å². The first-order chi connectivity index (χ1) is 9.30. The number of nitrogens with one attached hydrogen (secondary N) is 1. The largest absolute Gasteiger partial charge is 0.406 e. The molecule has 0 saturated carbocycles. The van der Waals surface area contributed by atoms with Crippen molar-refractivity contribution >= 4 is 11.7 Å². The summed E-state index contributed by atoms with van der Waals surface area (Å²) in [5.41, 5.74) is 1.42. The number of pyridine rings is 1. The average molecular weight is 294 g/mol. The van der Waals surface area contributed by atoms with E-state index in [0.29, 0.717) is 11.3 Å². The molecule has 0 saturated heterocycles. The summed E-state index contributed by atoms with van der Waals surface area (Å²) >= 11 is 0. The van der Waals surface area contributed by atoms with Crippen LogP contribution in [0.1, 0.15) is 23.7 Å². The predicted octanol–water partition coefficient (Wildman–Crippen LogP) is 1.92. The monoisotopic (exact) mass is 294 g/mol. The highest BCUT2D eigenvalue weighted by Crippen LogP contribution is 2.21. The number of hydrogen-bond acceptors (Lipinski definition) is 4. The first-order valence-electron chi connectivity index (χ1n) is 5.77. The van der Waals surface area contributed by atoms with Gasteiger partial charge >= 0.3 is 6.18 Å². The maximum Gasteiger partial charge on any atom is 0.406 e. The molecule has 0 atom stereocenters. The van der Waals surface area contributed by atoms with Gasteiger partial charge in [0, 0.05) is 12.7 Å². The zero-order valence-corrected chi connectivity index (χ0v) is 10.7. The van der Waals surface area contributed by atoms with Gasteiger partial charge in [-0.1, -0.05) is 6.92 Å². The maximum atomic E-state index is 13.8. The van der Waals surface area contributed by atoms with E-state index < -0.39 is 35.8 Å². The van der Waals surface area contributed by atoms with Gasteiger partial charge in [-0.15, -0.1) is 0 Å². The number of amides is 1. The standard InChI is InChI=1S/C11H14F4N4O/c1-2-5-19(6-11(13,14)15)10(20)7-3-4-17-9(18-16)8(7)12/h3-4H,2,5-6,16H2,1H3,(H,17,18). The Morgan fingerprint density at radius 2 is 2.15 bits per heavy atom. The zero-order chi connectivity index (χ0) is 15.3. The van der Waals surface area contributed by atoms with E-state index in [9.17, 15) is 22.4 Å². The van der Waals surface area contributed by atoms with E-state index >= 15 is 0 Å². The van der Waals surface area contributed by atoms with E-state index in [1.165, 1.54) is 0 Å². The molecule has 0 aromatic carbocycles. The molecule has 5 nitrogen and oxygen atoms in total. The Morgan fingerprint density at radius 1 is 1.50 bits per heavy atom. The lowest BCUT2D eigenvalue weighted by molar-refractivity contribution is -0.140. The highest BCUT2D eigenvalue weighted by atomic mass is 19.4. The number of nitrogen functional groups attached to an aromatic ring is 1. The number of aromatic nitrogens is 1. The van der Waals surface area contributed by atoms with Crippen molar-refractivity contribution in [2.45, 2.75) is 19.5 Å². The number of hydrazine groups is 1. The molecule has 9 heteroatoms. The van der Waals surface area contributed by atoms with Gasteiger partial charge in [0.1, 0.15) is 6.54 Å². The Labute approximate surface area is 112 Å². The predicted molar refractivity (Wildman–Crippen MR) is 64.3 cm³/mol. The molecular weight excluding hydrogens is 280 g/mol. The molecule has 0 unspecified atom stereocenters. The third-order valence-electron chi connectivity index (χ3n) is 2.41. The van der Waals surface area contributed by atoms with Gasteiger partial charge in [0.2, 0.25) is 0 Å². The van der Waals surface area contributed by atoms with Crippen LogP contribution in [-0.4, -0.2) is 35.1 Å². The van der Waals surface area contributed by atoms with Crippen LogP contribution in [0, 0.1) is 5.82 Å². The summed E-state index contributed by atoms with van der Waals surface area (Å²) in [6.45, 7) is 0.0464. The second kappa shape index (κ2) is 6.51.